The normalized spacial score (nSPS) is 12.0. The monoisotopic (exact) mass is 389 g/mol. The van der Waals surface area contributed by atoms with E-state index in [2.05, 4.69) is 10.1 Å². The van der Waals surface area contributed by atoms with E-state index in [-0.39, 0.29) is 18.2 Å². The van der Waals surface area contributed by atoms with Gasteiger partial charge in [-0.15, -0.1) is 11.3 Å². The van der Waals surface area contributed by atoms with Gasteiger partial charge in [0.15, 0.2) is 17.7 Å². The molecule has 0 aliphatic heterocycles. The fraction of sp³-hybridized carbons (Fsp3) is 0.316. The Morgan fingerprint density at radius 2 is 2.11 bits per heavy atom. The topological polar surface area (TPSA) is 68.5 Å². The zero-order valence-corrected chi connectivity index (χ0v) is 15.9. The second-order valence-corrected chi connectivity index (χ2v) is 6.73. The molecule has 0 bridgehead atoms. The van der Waals surface area contributed by atoms with Gasteiger partial charge in [0.2, 0.25) is 11.7 Å². The number of amides is 1. The van der Waals surface area contributed by atoms with Crippen molar-refractivity contribution < 1.29 is 18.4 Å². The number of hydrogen-bond donors (Lipinski definition) is 0. The molecule has 0 unspecified atom stereocenters. The largest absolute Gasteiger partial charge is 0.478 e. The number of halogens is 1. The summed E-state index contributed by atoms with van der Waals surface area (Å²) in [6, 6.07) is 9.85. The summed E-state index contributed by atoms with van der Waals surface area (Å²) in [5.41, 5.74) is 0. The van der Waals surface area contributed by atoms with Crippen LogP contribution in [0.4, 0.5) is 4.39 Å². The third-order valence-corrected chi connectivity index (χ3v) is 4.85. The van der Waals surface area contributed by atoms with Gasteiger partial charge >= 0.3 is 0 Å². The van der Waals surface area contributed by atoms with Crippen LogP contribution in [0.2, 0.25) is 0 Å². The van der Waals surface area contributed by atoms with Crippen molar-refractivity contribution in [3.8, 4) is 16.5 Å². The van der Waals surface area contributed by atoms with Gasteiger partial charge in [-0.3, -0.25) is 4.79 Å². The van der Waals surface area contributed by atoms with Gasteiger partial charge in [0.1, 0.15) is 6.54 Å². The first-order valence-electron chi connectivity index (χ1n) is 8.68. The Morgan fingerprint density at radius 3 is 2.78 bits per heavy atom. The molecule has 0 saturated heterocycles. The van der Waals surface area contributed by atoms with E-state index in [0.717, 1.165) is 4.88 Å². The third-order valence-electron chi connectivity index (χ3n) is 3.98. The molecule has 3 rings (SSSR count). The lowest BCUT2D eigenvalue weighted by atomic mass is 10.2. The second-order valence-electron chi connectivity index (χ2n) is 5.79. The molecule has 2 heterocycles. The van der Waals surface area contributed by atoms with Crippen LogP contribution in [0.1, 0.15) is 26.2 Å². The van der Waals surface area contributed by atoms with Crippen LogP contribution in [0.5, 0.6) is 5.75 Å². The summed E-state index contributed by atoms with van der Waals surface area (Å²) in [5.74, 6) is 0.155. The molecule has 3 aromatic rings. The van der Waals surface area contributed by atoms with Crippen molar-refractivity contribution in [3.63, 3.8) is 0 Å². The highest BCUT2D eigenvalue weighted by Crippen LogP contribution is 2.22. The van der Waals surface area contributed by atoms with Gasteiger partial charge in [-0.2, -0.15) is 4.98 Å². The minimum Gasteiger partial charge on any atom is -0.478 e. The first-order chi connectivity index (χ1) is 13.1. The number of rotatable bonds is 8. The van der Waals surface area contributed by atoms with Crippen LogP contribution >= 0.6 is 11.3 Å². The van der Waals surface area contributed by atoms with Crippen molar-refractivity contribution in [2.45, 2.75) is 32.9 Å². The van der Waals surface area contributed by atoms with E-state index in [4.69, 9.17) is 9.26 Å². The van der Waals surface area contributed by atoms with Crippen LogP contribution in [0.25, 0.3) is 10.7 Å². The van der Waals surface area contributed by atoms with Crippen molar-refractivity contribution in [3.05, 3.63) is 53.5 Å². The molecule has 0 spiro atoms. The summed E-state index contributed by atoms with van der Waals surface area (Å²) in [6.07, 6.45) is -0.380. The van der Waals surface area contributed by atoms with Gasteiger partial charge in [-0.05, 0) is 36.9 Å². The number of carbonyl (C=O) groups is 1. The Labute approximate surface area is 160 Å². The highest BCUT2D eigenvalue weighted by Gasteiger charge is 2.26. The Kier molecular flexibility index (Phi) is 6.18. The molecule has 8 heteroatoms. The minimum absolute atomic E-state index is 0.0616. The van der Waals surface area contributed by atoms with E-state index >= 15 is 0 Å². The van der Waals surface area contributed by atoms with E-state index in [1.807, 2.05) is 31.4 Å². The Hall–Kier alpha value is -2.74. The lowest BCUT2D eigenvalue weighted by molar-refractivity contribution is -0.139. The van der Waals surface area contributed by atoms with Crippen molar-refractivity contribution in [1.82, 2.24) is 15.0 Å². The van der Waals surface area contributed by atoms with Crippen LogP contribution < -0.4 is 4.74 Å². The number of para-hydroxylation sites is 1. The van der Waals surface area contributed by atoms with Gasteiger partial charge < -0.3 is 14.2 Å². The molecule has 1 atom stereocenters. The average molecular weight is 389 g/mol. The highest BCUT2D eigenvalue weighted by atomic mass is 32.1. The summed E-state index contributed by atoms with van der Waals surface area (Å²) in [6.45, 7) is 4.28. The standard InChI is InChI=1S/C19H20FN3O3S/c1-3-14(25-15-9-6-5-8-13(15)20)19(24)23(4-2)12-17-21-18(22-26-17)16-10-7-11-27-16/h5-11,14H,3-4,12H2,1-2H3/t14-/m1/s1. The fourth-order valence-corrected chi connectivity index (χ4v) is 3.19. The smallest absolute Gasteiger partial charge is 0.264 e. The molecule has 142 valence electrons. The lowest BCUT2D eigenvalue weighted by Crippen LogP contribution is -2.41. The summed E-state index contributed by atoms with van der Waals surface area (Å²) in [4.78, 5) is 19.6. The highest BCUT2D eigenvalue weighted by molar-refractivity contribution is 7.13. The van der Waals surface area contributed by atoms with E-state index in [0.29, 0.717) is 24.7 Å². The van der Waals surface area contributed by atoms with Gasteiger partial charge in [0.05, 0.1) is 4.88 Å². The number of likely N-dealkylation sites (N-methyl/N-ethyl adjacent to an activating group) is 1. The van der Waals surface area contributed by atoms with Crippen LogP contribution in [-0.2, 0) is 11.3 Å². The van der Waals surface area contributed by atoms with Crippen LogP contribution in [0, 0.1) is 5.82 Å². The Morgan fingerprint density at radius 1 is 1.30 bits per heavy atom. The van der Waals surface area contributed by atoms with Crippen molar-refractivity contribution >= 4 is 17.2 Å². The fourth-order valence-electron chi connectivity index (χ4n) is 2.54. The first-order valence-corrected chi connectivity index (χ1v) is 9.56. The molecule has 2 aromatic heterocycles. The Balaban J connectivity index is 1.70. The zero-order chi connectivity index (χ0) is 19.2. The molecule has 0 saturated carbocycles. The maximum atomic E-state index is 13.8. The molecule has 0 radical (unpaired) electrons. The van der Waals surface area contributed by atoms with E-state index in [1.165, 1.54) is 23.5 Å². The van der Waals surface area contributed by atoms with E-state index < -0.39 is 11.9 Å². The molecule has 1 aromatic carbocycles. The first kappa shape index (κ1) is 19.0. The van der Waals surface area contributed by atoms with Gasteiger partial charge in [0, 0.05) is 6.54 Å². The van der Waals surface area contributed by atoms with E-state index in [9.17, 15) is 9.18 Å². The van der Waals surface area contributed by atoms with Crippen LogP contribution in [0.15, 0.2) is 46.3 Å². The number of ether oxygens (including phenoxy) is 1. The molecule has 27 heavy (non-hydrogen) atoms. The average Bonchev–Trinajstić information content (AvgIpc) is 3.36. The second kappa shape index (κ2) is 8.77. The predicted octanol–water partition coefficient (Wildman–Crippen LogP) is 4.14. The molecule has 1 amide bonds. The van der Waals surface area contributed by atoms with Crippen molar-refractivity contribution in [2.75, 3.05) is 6.54 Å². The maximum Gasteiger partial charge on any atom is 0.264 e. The zero-order valence-electron chi connectivity index (χ0n) is 15.1. The molecular weight excluding hydrogens is 369 g/mol. The predicted molar refractivity (Wildman–Crippen MR) is 99.8 cm³/mol. The maximum absolute atomic E-state index is 13.8. The van der Waals surface area contributed by atoms with Crippen molar-refractivity contribution in [2.24, 2.45) is 0 Å². The molecular formula is C19H20FN3O3S. The van der Waals surface area contributed by atoms with Crippen LogP contribution in [0.3, 0.4) is 0 Å². The van der Waals surface area contributed by atoms with Gasteiger partial charge in [0.25, 0.3) is 5.91 Å². The summed E-state index contributed by atoms with van der Waals surface area (Å²) >= 11 is 1.51. The SMILES string of the molecule is CC[C@@H](Oc1ccccc1F)C(=O)N(CC)Cc1nc(-c2cccs2)no1. The number of thiophene rings is 1. The summed E-state index contributed by atoms with van der Waals surface area (Å²) < 4.78 is 24.7. The van der Waals surface area contributed by atoms with Crippen LogP contribution in [-0.4, -0.2) is 33.6 Å². The number of benzene rings is 1. The van der Waals surface area contributed by atoms with E-state index in [1.54, 1.807) is 17.0 Å². The molecule has 0 fully saturated rings. The van der Waals surface area contributed by atoms with Crippen molar-refractivity contribution in [1.29, 1.82) is 0 Å². The Bertz CT molecular complexity index is 882. The minimum atomic E-state index is -0.790. The summed E-state index contributed by atoms with van der Waals surface area (Å²) in [5, 5.41) is 5.88. The van der Waals surface area contributed by atoms with Gasteiger partial charge in [-0.1, -0.05) is 30.3 Å². The molecule has 6 nitrogen and oxygen atoms in total. The molecule has 0 N–H and O–H groups in total. The number of nitrogens with zero attached hydrogens (tertiary/aromatic N) is 3. The third kappa shape index (κ3) is 4.51. The lowest BCUT2D eigenvalue weighted by Gasteiger charge is -2.25. The molecule has 0 aliphatic rings. The number of aromatic nitrogens is 2. The number of hydrogen-bond acceptors (Lipinski definition) is 6. The number of carbonyl (C=O) groups excluding carboxylic acids is 1. The quantitative estimate of drug-likeness (QED) is 0.579. The van der Waals surface area contributed by atoms with Gasteiger partial charge in [-0.25, -0.2) is 4.39 Å². The summed E-state index contributed by atoms with van der Waals surface area (Å²) in [7, 11) is 0. The molecule has 0 aliphatic carbocycles.